The molecule has 6 nitrogen and oxygen atoms in total. The summed E-state index contributed by atoms with van der Waals surface area (Å²) in [5, 5.41) is 2.88. The Balaban J connectivity index is 2.15. The first-order valence-corrected chi connectivity index (χ1v) is 8.33. The van der Waals surface area contributed by atoms with Gasteiger partial charge in [-0.1, -0.05) is 0 Å². The molecule has 1 amide bonds. The van der Waals surface area contributed by atoms with Gasteiger partial charge >= 0.3 is 0 Å². The van der Waals surface area contributed by atoms with E-state index in [1.54, 1.807) is 38.8 Å². The Morgan fingerprint density at radius 3 is 2.73 bits per heavy atom. The first-order valence-electron chi connectivity index (χ1n) is 8.33. The number of carbonyl (C=O) groups excluding carboxylic acids is 1. The predicted molar refractivity (Wildman–Crippen MR) is 100 cm³/mol. The average molecular weight is 356 g/mol. The van der Waals surface area contributed by atoms with E-state index in [1.807, 2.05) is 32.0 Å². The van der Waals surface area contributed by atoms with Crippen molar-refractivity contribution < 1.29 is 19.0 Å². The highest BCUT2D eigenvalue weighted by Gasteiger charge is 2.13. The first kappa shape index (κ1) is 19.3. The number of nitrogens with zero attached hydrogens (tertiary/aromatic N) is 1. The number of hydrogen-bond acceptors (Lipinski definition) is 5. The minimum Gasteiger partial charge on any atom is -0.501 e. The van der Waals surface area contributed by atoms with Crippen LogP contribution in [-0.4, -0.2) is 31.7 Å². The van der Waals surface area contributed by atoms with Gasteiger partial charge in [0.2, 0.25) is 0 Å². The number of hydrogen-bond donors (Lipinski definition) is 1. The van der Waals surface area contributed by atoms with Crippen molar-refractivity contribution in [1.82, 2.24) is 10.3 Å². The van der Waals surface area contributed by atoms with Crippen LogP contribution in [0.25, 0.3) is 6.08 Å². The maximum Gasteiger partial charge on any atom is 0.270 e. The van der Waals surface area contributed by atoms with Gasteiger partial charge < -0.3 is 19.5 Å². The van der Waals surface area contributed by atoms with E-state index in [2.05, 4.69) is 10.3 Å². The van der Waals surface area contributed by atoms with Crippen LogP contribution in [0.2, 0.25) is 0 Å². The van der Waals surface area contributed by atoms with Crippen LogP contribution in [0.1, 0.15) is 34.1 Å². The van der Waals surface area contributed by atoms with Gasteiger partial charge in [-0.3, -0.25) is 9.78 Å². The van der Waals surface area contributed by atoms with Gasteiger partial charge in [-0.25, -0.2) is 0 Å². The summed E-state index contributed by atoms with van der Waals surface area (Å²) < 4.78 is 15.8. The van der Waals surface area contributed by atoms with E-state index in [0.717, 1.165) is 11.1 Å². The third-order valence-corrected chi connectivity index (χ3v) is 3.71. The molecule has 1 aromatic carbocycles. The van der Waals surface area contributed by atoms with E-state index in [9.17, 15) is 4.79 Å². The summed E-state index contributed by atoms with van der Waals surface area (Å²) in [6, 6.07) is 7.36. The Labute approximate surface area is 153 Å². The zero-order valence-corrected chi connectivity index (χ0v) is 15.5. The SMILES string of the molecule is CCO/C=C/c1cc(C)cnc1C(=O)NCc1ccc(OC)cc1OC. The van der Waals surface area contributed by atoms with Crippen LogP contribution in [0.5, 0.6) is 11.5 Å². The molecule has 2 aromatic rings. The Bertz CT molecular complexity index is 787. The van der Waals surface area contributed by atoms with Gasteiger partial charge in [-0.15, -0.1) is 0 Å². The molecular formula is C20H24N2O4. The number of ether oxygens (including phenoxy) is 3. The smallest absolute Gasteiger partial charge is 0.270 e. The molecule has 0 atom stereocenters. The maximum absolute atomic E-state index is 12.6. The van der Waals surface area contributed by atoms with Gasteiger partial charge in [-0.05, 0) is 43.7 Å². The molecule has 0 aliphatic carbocycles. The van der Waals surface area contributed by atoms with Crippen molar-refractivity contribution in [2.75, 3.05) is 20.8 Å². The van der Waals surface area contributed by atoms with Gasteiger partial charge in [-0.2, -0.15) is 0 Å². The Kier molecular flexibility index (Phi) is 7.02. The predicted octanol–water partition coefficient (Wildman–Crippen LogP) is 3.34. The highest BCUT2D eigenvalue weighted by atomic mass is 16.5. The molecule has 138 valence electrons. The normalized spacial score (nSPS) is 10.6. The fourth-order valence-corrected chi connectivity index (χ4v) is 2.38. The third kappa shape index (κ3) is 4.99. The lowest BCUT2D eigenvalue weighted by molar-refractivity contribution is 0.0945. The Hall–Kier alpha value is -3.02. The quantitative estimate of drug-likeness (QED) is 0.735. The molecule has 0 bridgehead atoms. The molecule has 0 saturated heterocycles. The molecule has 0 radical (unpaired) electrons. The number of amides is 1. The summed E-state index contributed by atoms with van der Waals surface area (Å²) >= 11 is 0. The van der Waals surface area contributed by atoms with Gasteiger partial charge in [0, 0.05) is 29.9 Å². The maximum atomic E-state index is 12.6. The molecule has 0 saturated carbocycles. The minimum absolute atomic E-state index is 0.265. The second-order valence-corrected chi connectivity index (χ2v) is 5.57. The largest absolute Gasteiger partial charge is 0.501 e. The van der Waals surface area contributed by atoms with E-state index in [0.29, 0.717) is 35.9 Å². The van der Waals surface area contributed by atoms with Crippen molar-refractivity contribution in [3.05, 3.63) is 59.1 Å². The second kappa shape index (κ2) is 9.46. The van der Waals surface area contributed by atoms with Gasteiger partial charge in [0.25, 0.3) is 5.91 Å². The lowest BCUT2D eigenvalue weighted by Gasteiger charge is -2.12. The minimum atomic E-state index is -0.265. The van der Waals surface area contributed by atoms with Crippen LogP contribution in [0.15, 0.2) is 36.7 Å². The summed E-state index contributed by atoms with van der Waals surface area (Å²) in [4.78, 5) is 16.9. The summed E-state index contributed by atoms with van der Waals surface area (Å²) in [5.74, 6) is 1.08. The summed E-state index contributed by atoms with van der Waals surface area (Å²) in [7, 11) is 3.18. The van der Waals surface area contributed by atoms with E-state index in [1.165, 1.54) is 0 Å². The molecule has 26 heavy (non-hydrogen) atoms. The zero-order chi connectivity index (χ0) is 18.9. The molecule has 0 aliphatic rings. The highest BCUT2D eigenvalue weighted by molar-refractivity contribution is 5.95. The van der Waals surface area contributed by atoms with Crippen molar-refractivity contribution in [3.63, 3.8) is 0 Å². The number of carbonyl (C=O) groups is 1. The van der Waals surface area contributed by atoms with Crippen LogP contribution in [-0.2, 0) is 11.3 Å². The number of aromatic nitrogens is 1. The number of rotatable bonds is 8. The Morgan fingerprint density at radius 2 is 2.04 bits per heavy atom. The van der Waals surface area contributed by atoms with Crippen molar-refractivity contribution in [2.45, 2.75) is 20.4 Å². The van der Waals surface area contributed by atoms with Gasteiger partial charge in [0.15, 0.2) is 0 Å². The molecule has 2 rings (SSSR count). The van der Waals surface area contributed by atoms with Gasteiger partial charge in [0.05, 0.1) is 27.1 Å². The zero-order valence-electron chi connectivity index (χ0n) is 15.5. The van der Waals surface area contributed by atoms with E-state index >= 15 is 0 Å². The van der Waals surface area contributed by atoms with E-state index in [-0.39, 0.29) is 5.91 Å². The Morgan fingerprint density at radius 1 is 1.23 bits per heavy atom. The van der Waals surface area contributed by atoms with Crippen molar-refractivity contribution in [3.8, 4) is 11.5 Å². The van der Waals surface area contributed by atoms with Crippen LogP contribution >= 0.6 is 0 Å². The number of pyridine rings is 1. The molecule has 6 heteroatoms. The second-order valence-electron chi connectivity index (χ2n) is 5.57. The van der Waals surface area contributed by atoms with Crippen molar-refractivity contribution in [2.24, 2.45) is 0 Å². The number of aryl methyl sites for hydroxylation is 1. The molecule has 0 aliphatic heterocycles. The number of nitrogens with one attached hydrogen (secondary N) is 1. The van der Waals surface area contributed by atoms with Crippen molar-refractivity contribution in [1.29, 1.82) is 0 Å². The average Bonchev–Trinajstić information content (AvgIpc) is 2.66. The van der Waals surface area contributed by atoms with Crippen LogP contribution in [0, 0.1) is 6.92 Å². The fourth-order valence-electron chi connectivity index (χ4n) is 2.38. The van der Waals surface area contributed by atoms with Crippen LogP contribution in [0.3, 0.4) is 0 Å². The standard InChI is InChI=1S/C20H24N2O4/c1-5-26-9-8-15-10-14(2)12-21-19(15)20(23)22-13-16-6-7-17(24-3)11-18(16)25-4/h6-12H,5,13H2,1-4H3,(H,22,23)/b9-8+. The highest BCUT2D eigenvalue weighted by Crippen LogP contribution is 2.24. The topological polar surface area (TPSA) is 69.7 Å². The molecule has 0 spiro atoms. The lowest BCUT2D eigenvalue weighted by Crippen LogP contribution is -2.25. The lowest BCUT2D eigenvalue weighted by atomic mass is 10.1. The monoisotopic (exact) mass is 356 g/mol. The summed E-state index contributed by atoms with van der Waals surface area (Å²) in [6.45, 7) is 4.70. The van der Waals surface area contributed by atoms with Crippen LogP contribution < -0.4 is 14.8 Å². The molecule has 0 unspecified atom stereocenters. The van der Waals surface area contributed by atoms with Crippen LogP contribution in [0.4, 0.5) is 0 Å². The molecular weight excluding hydrogens is 332 g/mol. The van der Waals surface area contributed by atoms with E-state index in [4.69, 9.17) is 14.2 Å². The molecule has 1 aromatic heterocycles. The third-order valence-electron chi connectivity index (χ3n) is 3.71. The summed E-state index contributed by atoms with van der Waals surface area (Å²) in [6.07, 6.45) is 4.98. The van der Waals surface area contributed by atoms with Gasteiger partial charge in [0.1, 0.15) is 17.2 Å². The fraction of sp³-hybridized carbons (Fsp3) is 0.300. The molecule has 0 fully saturated rings. The summed E-state index contributed by atoms with van der Waals surface area (Å²) in [5.41, 5.74) is 2.87. The van der Waals surface area contributed by atoms with Crippen molar-refractivity contribution >= 4 is 12.0 Å². The molecule has 1 heterocycles. The molecule has 1 N–H and O–H groups in total. The first-order chi connectivity index (χ1) is 12.6. The van der Waals surface area contributed by atoms with E-state index < -0.39 is 0 Å². The number of benzene rings is 1. The number of methoxy groups -OCH3 is 2.